The van der Waals surface area contributed by atoms with Crippen molar-refractivity contribution in [2.24, 2.45) is 0 Å². The van der Waals surface area contributed by atoms with Crippen molar-refractivity contribution in [3.8, 4) is 34.2 Å². The van der Waals surface area contributed by atoms with Crippen LogP contribution in [0.15, 0.2) is 217 Å². The van der Waals surface area contributed by atoms with Crippen LogP contribution in [0, 0.1) is 36.4 Å². The van der Waals surface area contributed by atoms with E-state index in [2.05, 4.69) is 98.8 Å². The molecule has 3 heterocycles. The summed E-state index contributed by atoms with van der Waals surface area (Å²) in [4.78, 5) is 86.5. The number of para-hydroxylation sites is 1. The molecule has 6 N–H and O–H groups in total. The first-order chi connectivity index (χ1) is 43.6. The van der Waals surface area contributed by atoms with Gasteiger partial charge in [-0.3, -0.25) is 65.2 Å². The quantitative estimate of drug-likeness (QED) is 0.0339. The minimum atomic E-state index is -0.125. The Balaban J connectivity index is -0.000000344. The third kappa shape index (κ3) is 43.5. The number of hydrogen-bond donors (Lipinski definition) is 6. The zero-order valence-corrected chi connectivity index (χ0v) is 69.5. The molecule has 7 aromatic carbocycles. The molecule has 3 aromatic heterocycles. The number of aliphatic hydroxyl groups is 6. The first-order valence-electron chi connectivity index (χ1n) is 27.9. The van der Waals surface area contributed by atoms with Gasteiger partial charge >= 0.3 is 0 Å². The number of hydrogen-bond acceptors (Lipinski definition) is 18. The number of allylic oxidation sites excluding steroid dienone is 12. The number of aliphatic hydroxyl groups excluding tert-OH is 6. The fourth-order valence-corrected chi connectivity index (χ4v) is 7.33. The molecular formula is C74H72Ir6N6O12-6. The van der Waals surface area contributed by atoms with Gasteiger partial charge in [0, 0.05) is 192 Å². The van der Waals surface area contributed by atoms with Crippen LogP contribution in [0.1, 0.15) is 83.1 Å². The van der Waals surface area contributed by atoms with Crippen LogP contribution < -0.4 is 0 Å². The molecule has 6 radical (unpaired) electrons. The molecule has 24 heteroatoms. The molecule has 10 aromatic rings. The Morgan fingerprint density at radius 3 is 0.888 bits per heavy atom. The van der Waals surface area contributed by atoms with Crippen LogP contribution in [0.25, 0.3) is 77.6 Å². The summed E-state index contributed by atoms with van der Waals surface area (Å²) in [5.74, 6) is 1.63. The Bertz CT molecular complexity index is 3880. The van der Waals surface area contributed by atoms with Gasteiger partial charge in [-0.15, -0.1) is 0 Å². The average Bonchev–Trinajstić information content (AvgIpc) is 0.745. The van der Waals surface area contributed by atoms with Gasteiger partial charge < -0.3 is 60.5 Å². The zero-order chi connectivity index (χ0) is 68.7. The van der Waals surface area contributed by atoms with Gasteiger partial charge in [-0.2, -0.15) is 0 Å². The Morgan fingerprint density at radius 2 is 0.582 bits per heavy atom. The van der Waals surface area contributed by atoms with Crippen LogP contribution >= 0.6 is 0 Å². The van der Waals surface area contributed by atoms with Crippen molar-refractivity contribution in [2.45, 2.75) is 83.1 Å². The van der Waals surface area contributed by atoms with Crippen molar-refractivity contribution in [3.63, 3.8) is 0 Å². The van der Waals surface area contributed by atoms with E-state index in [9.17, 15) is 28.8 Å². The predicted molar refractivity (Wildman–Crippen MR) is 359 cm³/mol. The summed E-state index contributed by atoms with van der Waals surface area (Å²) >= 11 is 0. The second-order valence-corrected chi connectivity index (χ2v) is 19.4. The number of carbonyl (C=O) groups is 6. The maximum Gasteiger partial charge on any atom is 0.155 e. The topological polar surface area (TPSA) is 301 Å². The zero-order valence-electron chi connectivity index (χ0n) is 55.1. The number of rotatable bonds is 9. The Labute approximate surface area is 652 Å². The second kappa shape index (κ2) is 55.2. The van der Waals surface area contributed by atoms with Gasteiger partial charge in [-0.05, 0) is 136 Å². The summed E-state index contributed by atoms with van der Waals surface area (Å²) < 4.78 is 0. The van der Waals surface area contributed by atoms with E-state index < -0.39 is 0 Å². The third-order valence-corrected chi connectivity index (χ3v) is 10.3. The molecule has 0 aliphatic rings. The molecule has 0 fully saturated rings. The van der Waals surface area contributed by atoms with E-state index in [1.165, 1.54) is 136 Å². The minimum Gasteiger partial charge on any atom is -0.512 e. The average molecular weight is 2390 g/mol. The molecular weight excluding hydrogens is 2320 g/mol. The monoisotopic (exact) mass is 2390 g/mol. The van der Waals surface area contributed by atoms with Crippen molar-refractivity contribution >= 4 is 78.2 Å². The normalized spacial score (nSPS) is 10.4. The van der Waals surface area contributed by atoms with Crippen LogP contribution in [0.5, 0.6) is 0 Å². The van der Waals surface area contributed by atoms with Crippen LogP contribution in [-0.2, 0) is 149 Å². The van der Waals surface area contributed by atoms with Gasteiger partial charge in [-0.25, -0.2) is 71.3 Å². The third-order valence-electron chi connectivity index (χ3n) is 10.3. The maximum absolute atomic E-state index is 10.0. The molecule has 0 atom stereocenters. The van der Waals surface area contributed by atoms with E-state index >= 15 is 0 Å². The van der Waals surface area contributed by atoms with Gasteiger partial charge in [0.2, 0.25) is 0 Å². The van der Waals surface area contributed by atoms with Gasteiger partial charge in [0.1, 0.15) is 0 Å². The van der Waals surface area contributed by atoms with E-state index in [-0.39, 0.29) is 190 Å². The molecule has 0 aliphatic heterocycles. The number of benzene rings is 7. The summed E-state index contributed by atoms with van der Waals surface area (Å²) in [7, 11) is 0. The smallest absolute Gasteiger partial charge is 0.155 e. The minimum absolute atomic E-state index is 0. The van der Waals surface area contributed by atoms with Crippen molar-refractivity contribution in [1.82, 2.24) is 29.9 Å². The molecule has 0 bridgehead atoms. The fourth-order valence-electron chi connectivity index (χ4n) is 7.33. The summed E-state index contributed by atoms with van der Waals surface area (Å²) in [6.07, 6.45) is 12.2. The number of aromatic nitrogens is 6. The Kier molecular flexibility index (Phi) is 55.7. The van der Waals surface area contributed by atoms with Crippen molar-refractivity contribution in [2.75, 3.05) is 0 Å². The number of nitrogens with zero attached hydrogens (tertiary/aromatic N) is 6. The summed E-state index contributed by atoms with van der Waals surface area (Å²) in [6.45, 7) is 17.1. The maximum atomic E-state index is 10.0. The molecule has 18 nitrogen and oxygen atoms in total. The molecule has 0 unspecified atom stereocenters. The van der Waals surface area contributed by atoms with E-state index in [1.54, 1.807) is 18.5 Å². The van der Waals surface area contributed by atoms with Gasteiger partial charge in [0.05, 0.1) is 51.1 Å². The predicted octanol–water partition coefficient (Wildman–Crippen LogP) is 15.5. The van der Waals surface area contributed by atoms with Crippen molar-refractivity contribution in [3.05, 3.63) is 253 Å². The fraction of sp³-hybridized carbons (Fsp3) is 0.162. The molecule has 0 aliphatic carbocycles. The number of fused-ring (bicyclic) bond motifs is 1. The van der Waals surface area contributed by atoms with Crippen LogP contribution in [0.4, 0.5) is 0 Å². The molecule has 0 spiro atoms. The van der Waals surface area contributed by atoms with Crippen LogP contribution in [-0.4, -0.2) is 95.2 Å². The molecule has 10 rings (SSSR count). The van der Waals surface area contributed by atoms with E-state index in [0.717, 1.165) is 44.0 Å². The SMILES string of the molecule is CC(=O)C=C(C)O.CC(=O)C=C(C)O.CC(=O)C=C(C)O.CC(=O)C=C(C)O.CC(=O)C=C(C)O.CC(=O)C=C(C)O.[Ir].[Ir].[Ir].[Ir].[Ir].[Ir].[c-]1ccc[c-]c1-c1nc2ccc3cccc4ccc(n1)c2c34.[c-]1ccc[c-]c1-c1ncc2ccccc2n1.[c-]1ccc[c-]c1-c1ncccn1. The van der Waals surface area contributed by atoms with Gasteiger partial charge in [-0.1, -0.05) is 48.5 Å². The summed E-state index contributed by atoms with van der Waals surface area (Å²) in [5.41, 5.74) is 5.28. The summed E-state index contributed by atoms with van der Waals surface area (Å²) in [5, 5.41) is 56.1. The molecule has 530 valence electrons. The van der Waals surface area contributed by atoms with Gasteiger partial charge in [0.15, 0.2) is 34.7 Å². The standard InChI is InChI=1S/C20H10N2.C14H8N2.C10H6N2.6C5H8O2.6Ir/c1-2-5-15(6-3-1)20-21-16-11-9-13-7-4-8-14-10-12-17(22-20)19(16)18(13)14;1-2-6-11(7-3-1)14-15-10-12-8-4-5-9-13(12)16-14;1-2-5-9(6-3-1)10-11-7-4-8-12-10;6*1-4(6)3-5(2)7;;;;;;/h1-4,7-12H;1-5,8-10H;1-4,7-8H;6*3,6H,1-2H3;;;;;;/q3*-2;;;;;;;;;;;;. The number of carbonyl (C=O) groups excluding carboxylic acids is 6. The number of ketones is 6. The van der Waals surface area contributed by atoms with Crippen molar-refractivity contribution < 1.29 is 180 Å². The second-order valence-electron chi connectivity index (χ2n) is 19.4. The molecule has 0 amide bonds. The van der Waals surface area contributed by atoms with E-state index in [1.807, 2.05) is 85.1 Å². The van der Waals surface area contributed by atoms with Gasteiger partial charge in [0.25, 0.3) is 0 Å². The van der Waals surface area contributed by atoms with E-state index in [4.69, 9.17) is 40.6 Å². The Morgan fingerprint density at radius 1 is 0.296 bits per heavy atom. The molecule has 98 heavy (non-hydrogen) atoms. The van der Waals surface area contributed by atoms with Crippen LogP contribution in [0.2, 0.25) is 0 Å². The Hall–Kier alpha value is -7.76. The molecule has 0 saturated carbocycles. The molecule has 0 saturated heterocycles. The summed E-state index contributed by atoms with van der Waals surface area (Å²) in [6, 6.07) is 59.6. The van der Waals surface area contributed by atoms with Crippen LogP contribution in [0.3, 0.4) is 0 Å². The van der Waals surface area contributed by atoms with E-state index in [0.29, 0.717) is 17.5 Å². The first-order valence-corrected chi connectivity index (χ1v) is 27.9. The first kappa shape index (κ1) is 98.9. The largest absolute Gasteiger partial charge is 0.512 e. The van der Waals surface area contributed by atoms with Crippen molar-refractivity contribution in [1.29, 1.82) is 0 Å².